The van der Waals surface area contributed by atoms with Crippen molar-refractivity contribution in [3.8, 4) is 0 Å². The molecular weight excluding hydrogens is 128 g/mol. The maximum Gasteiger partial charge on any atom is 0.146 e. The van der Waals surface area contributed by atoms with Crippen molar-refractivity contribution in [2.24, 2.45) is 0 Å². The Balaban J connectivity index is 2.83. The predicted molar refractivity (Wildman–Crippen MR) is 35.8 cm³/mol. The molecule has 0 N–H and O–H groups in total. The molecule has 3 heteroatoms. The summed E-state index contributed by atoms with van der Waals surface area (Å²) in [4.78, 5) is 0. The molecule has 7 heavy (non-hydrogen) atoms. The van der Waals surface area contributed by atoms with Gasteiger partial charge in [-0.3, -0.25) is 0 Å². The Morgan fingerprint density at radius 1 is 1.86 bits per heavy atom. The van der Waals surface area contributed by atoms with E-state index >= 15 is 0 Å². The van der Waals surface area contributed by atoms with Gasteiger partial charge in [0.2, 0.25) is 0 Å². The van der Waals surface area contributed by atoms with Crippen LogP contribution in [-0.2, 0) is 4.43 Å². The summed E-state index contributed by atoms with van der Waals surface area (Å²) in [5, 5.41) is 0.234. The Morgan fingerprint density at radius 3 is 2.57 bits per heavy atom. The summed E-state index contributed by atoms with van der Waals surface area (Å²) in [5.41, 5.74) is 0. The van der Waals surface area contributed by atoms with Gasteiger partial charge < -0.3 is 4.43 Å². The minimum Gasteiger partial charge on any atom is -0.426 e. The van der Waals surface area contributed by atoms with Crippen LogP contribution in [0.3, 0.4) is 0 Å². The summed E-state index contributed by atoms with van der Waals surface area (Å²) in [6, 6.07) is 0. The van der Waals surface area contributed by atoms with Gasteiger partial charge in [-0.15, -0.1) is 11.6 Å². The molecule has 1 nitrogen and oxygen atoms in total. The second kappa shape index (κ2) is 4.62. The van der Waals surface area contributed by atoms with Crippen LogP contribution in [0.1, 0.15) is 13.3 Å². The van der Waals surface area contributed by atoms with Crippen LogP contribution in [0, 0.1) is 0 Å². The van der Waals surface area contributed by atoms with Gasteiger partial charge in [0.05, 0.1) is 5.38 Å². The fourth-order valence-electron chi connectivity index (χ4n) is 0.299. The monoisotopic (exact) mass is 138 g/mol. The van der Waals surface area contributed by atoms with Crippen molar-refractivity contribution >= 4 is 22.1 Å². The van der Waals surface area contributed by atoms with E-state index in [4.69, 9.17) is 16.0 Å². The lowest BCUT2D eigenvalue weighted by Gasteiger charge is -2.01. The van der Waals surface area contributed by atoms with Crippen LogP contribution in [0.15, 0.2) is 0 Å². The standard InChI is InChI=1S/C4H11ClOSi/c1-2-4(5)3-6-7/h4H,2-3H2,1,7H3. The average molecular weight is 139 g/mol. The minimum absolute atomic E-state index is 0.234. The highest BCUT2D eigenvalue weighted by molar-refractivity contribution is 6.20. The third-order valence-electron chi connectivity index (χ3n) is 0.790. The fraction of sp³-hybridized carbons (Fsp3) is 1.00. The highest BCUT2D eigenvalue weighted by Gasteiger charge is 1.95. The molecule has 0 aliphatic rings. The number of hydrogen-bond donors (Lipinski definition) is 0. The maximum atomic E-state index is 5.66. The molecule has 44 valence electrons. The first-order chi connectivity index (χ1) is 3.31. The molecular formula is C4H11ClOSi. The molecule has 0 rings (SSSR count). The molecule has 0 saturated heterocycles. The van der Waals surface area contributed by atoms with Gasteiger partial charge in [0.1, 0.15) is 10.5 Å². The summed E-state index contributed by atoms with van der Waals surface area (Å²) in [6.07, 6.45) is 1.00. The van der Waals surface area contributed by atoms with Gasteiger partial charge in [-0.25, -0.2) is 0 Å². The summed E-state index contributed by atoms with van der Waals surface area (Å²) in [5.74, 6) is 0. The largest absolute Gasteiger partial charge is 0.426 e. The quantitative estimate of drug-likeness (QED) is 0.403. The third-order valence-corrected chi connectivity index (χ3v) is 1.56. The molecule has 0 radical (unpaired) electrons. The van der Waals surface area contributed by atoms with E-state index in [-0.39, 0.29) is 5.38 Å². The van der Waals surface area contributed by atoms with E-state index in [1.54, 1.807) is 0 Å². The topological polar surface area (TPSA) is 9.23 Å². The highest BCUT2D eigenvalue weighted by atomic mass is 35.5. The van der Waals surface area contributed by atoms with Crippen LogP contribution < -0.4 is 0 Å². The van der Waals surface area contributed by atoms with Gasteiger partial charge in [-0.1, -0.05) is 6.92 Å². The summed E-state index contributed by atoms with van der Waals surface area (Å²) >= 11 is 5.66. The van der Waals surface area contributed by atoms with E-state index in [0.29, 0.717) is 0 Å². The van der Waals surface area contributed by atoms with Crippen molar-refractivity contribution in [2.75, 3.05) is 6.61 Å². The number of hydrogen-bond acceptors (Lipinski definition) is 1. The van der Waals surface area contributed by atoms with Crippen molar-refractivity contribution in [1.29, 1.82) is 0 Å². The van der Waals surface area contributed by atoms with Gasteiger partial charge in [-0.2, -0.15) is 0 Å². The molecule has 0 aliphatic heterocycles. The zero-order valence-electron chi connectivity index (χ0n) is 4.78. The SMILES string of the molecule is CCC(Cl)CO[SiH3]. The van der Waals surface area contributed by atoms with Gasteiger partial charge in [-0.05, 0) is 6.42 Å². The summed E-state index contributed by atoms with van der Waals surface area (Å²) in [7, 11) is 0.807. The molecule has 0 aromatic rings. The zero-order chi connectivity index (χ0) is 5.70. The van der Waals surface area contributed by atoms with Gasteiger partial charge in [0, 0.05) is 6.61 Å². The zero-order valence-corrected chi connectivity index (χ0v) is 7.53. The van der Waals surface area contributed by atoms with Crippen LogP contribution in [0.2, 0.25) is 0 Å². The normalized spacial score (nSPS) is 14.6. The Labute approximate surface area is 52.5 Å². The number of halogens is 1. The molecule has 0 bridgehead atoms. The van der Waals surface area contributed by atoms with Crippen molar-refractivity contribution < 1.29 is 4.43 Å². The van der Waals surface area contributed by atoms with Gasteiger partial charge in [0.25, 0.3) is 0 Å². The van der Waals surface area contributed by atoms with Crippen molar-refractivity contribution in [1.82, 2.24) is 0 Å². The van der Waals surface area contributed by atoms with E-state index in [1.165, 1.54) is 0 Å². The molecule has 0 fully saturated rings. The molecule has 0 heterocycles. The van der Waals surface area contributed by atoms with E-state index < -0.39 is 0 Å². The lowest BCUT2D eigenvalue weighted by Crippen LogP contribution is -2.04. The van der Waals surface area contributed by atoms with Crippen LogP contribution in [0.25, 0.3) is 0 Å². The van der Waals surface area contributed by atoms with E-state index in [0.717, 1.165) is 23.5 Å². The second-order valence-corrected chi connectivity index (χ2v) is 2.66. The molecule has 0 aliphatic carbocycles. The Hall–Kier alpha value is 0.467. The fourth-order valence-corrected chi connectivity index (χ4v) is 1.04. The molecule has 1 atom stereocenters. The van der Waals surface area contributed by atoms with E-state index in [2.05, 4.69) is 6.92 Å². The highest BCUT2D eigenvalue weighted by Crippen LogP contribution is 1.98. The molecule has 1 unspecified atom stereocenters. The minimum atomic E-state index is 0.234. The molecule has 0 amide bonds. The van der Waals surface area contributed by atoms with E-state index in [9.17, 15) is 0 Å². The van der Waals surface area contributed by atoms with E-state index in [1.807, 2.05) is 0 Å². The predicted octanol–water partition coefficient (Wildman–Crippen LogP) is 0.301. The molecule has 0 saturated carbocycles. The van der Waals surface area contributed by atoms with Crippen molar-refractivity contribution in [2.45, 2.75) is 18.7 Å². The Bertz CT molecular complexity index is 42.7. The summed E-state index contributed by atoms with van der Waals surface area (Å²) in [6.45, 7) is 2.78. The van der Waals surface area contributed by atoms with Crippen molar-refractivity contribution in [3.63, 3.8) is 0 Å². The number of rotatable bonds is 3. The molecule has 0 aromatic carbocycles. The number of alkyl halides is 1. The average Bonchev–Trinajstić information content (AvgIpc) is 1.68. The van der Waals surface area contributed by atoms with Crippen LogP contribution in [0.5, 0.6) is 0 Å². The third kappa shape index (κ3) is 4.32. The van der Waals surface area contributed by atoms with Crippen LogP contribution >= 0.6 is 11.6 Å². The van der Waals surface area contributed by atoms with Crippen molar-refractivity contribution in [3.05, 3.63) is 0 Å². The smallest absolute Gasteiger partial charge is 0.146 e. The first-order valence-corrected chi connectivity index (χ1v) is 3.69. The first kappa shape index (κ1) is 7.47. The Kier molecular flexibility index (Phi) is 4.93. The molecule has 0 spiro atoms. The maximum absolute atomic E-state index is 5.66. The Morgan fingerprint density at radius 2 is 2.43 bits per heavy atom. The lowest BCUT2D eigenvalue weighted by atomic mass is 10.4. The van der Waals surface area contributed by atoms with Crippen LogP contribution in [0.4, 0.5) is 0 Å². The van der Waals surface area contributed by atoms with Gasteiger partial charge in [0.15, 0.2) is 0 Å². The summed E-state index contributed by atoms with van der Waals surface area (Å²) < 4.78 is 4.90. The second-order valence-electron chi connectivity index (χ2n) is 1.46. The molecule has 0 aromatic heterocycles. The van der Waals surface area contributed by atoms with Gasteiger partial charge >= 0.3 is 0 Å². The lowest BCUT2D eigenvalue weighted by molar-refractivity contribution is 0.343. The first-order valence-electron chi connectivity index (χ1n) is 2.44. The van der Waals surface area contributed by atoms with Crippen LogP contribution in [-0.4, -0.2) is 22.5 Å².